The molecule has 0 radical (unpaired) electrons. The van der Waals surface area contributed by atoms with Crippen LogP contribution in [0.4, 0.5) is 0 Å². The van der Waals surface area contributed by atoms with Crippen LogP contribution >= 0.6 is 0 Å². The van der Waals surface area contributed by atoms with Gasteiger partial charge in [0.25, 0.3) is 0 Å². The maximum atomic E-state index is 6.32. The molecule has 0 saturated carbocycles. The van der Waals surface area contributed by atoms with Gasteiger partial charge < -0.3 is 4.42 Å². The van der Waals surface area contributed by atoms with Gasteiger partial charge >= 0.3 is 0 Å². The van der Waals surface area contributed by atoms with Gasteiger partial charge in [0, 0.05) is 28.3 Å². The van der Waals surface area contributed by atoms with Gasteiger partial charge in [-0.2, -0.15) is 0 Å². The Morgan fingerprint density at radius 1 is 0.549 bits per heavy atom. The quantitative estimate of drug-likeness (QED) is 0.120. The molecule has 8 aromatic carbocycles. The number of unbranched alkanes of at least 4 members (excludes halogenated alkanes) is 1. The van der Waals surface area contributed by atoms with Crippen molar-refractivity contribution >= 4 is 78.1 Å². The molecule has 1 aromatic heterocycles. The molecule has 0 atom stereocenters. The van der Waals surface area contributed by atoms with E-state index < -0.39 is 0 Å². The van der Waals surface area contributed by atoms with Crippen molar-refractivity contribution in [2.24, 2.45) is 4.99 Å². The number of hydrogen-bond acceptors (Lipinski definition) is 2. The van der Waals surface area contributed by atoms with Gasteiger partial charge in [0.2, 0.25) is 0 Å². The van der Waals surface area contributed by atoms with Crippen LogP contribution < -0.4 is 0 Å². The maximum Gasteiger partial charge on any atom is 0.135 e. The summed E-state index contributed by atoms with van der Waals surface area (Å²) in [5.41, 5.74) is 13.6. The lowest BCUT2D eigenvalue weighted by Crippen LogP contribution is -1.94. The number of allylic oxidation sites excluding steroid dienone is 3. The summed E-state index contributed by atoms with van der Waals surface area (Å²) >= 11 is 0. The first kappa shape index (κ1) is 56.8. The van der Waals surface area contributed by atoms with Gasteiger partial charge in [-0.1, -0.05) is 237 Å². The third-order valence-corrected chi connectivity index (χ3v) is 12.5. The molecule has 2 nitrogen and oxygen atoms in total. The first-order valence-electron chi connectivity index (χ1n) is 26.3. The second-order valence-corrected chi connectivity index (χ2v) is 18.2. The van der Waals surface area contributed by atoms with Gasteiger partial charge in [-0.05, 0) is 139 Å². The summed E-state index contributed by atoms with van der Waals surface area (Å²) in [6.45, 7) is 35.1. The summed E-state index contributed by atoms with van der Waals surface area (Å²) < 4.78 is 6.32. The van der Waals surface area contributed by atoms with Crippen LogP contribution in [0.5, 0.6) is 0 Å². The van der Waals surface area contributed by atoms with Gasteiger partial charge in [-0.25, -0.2) is 0 Å². The average Bonchev–Trinajstić information content (AvgIpc) is 3.77. The predicted molar refractivity (Wildman–Crippen MR) is 322 cm³/mol. The normalized spacial score (nSPS) is 11.3. The summed E-state index contributed by atoms with van der Waals surface area (Å²) in [4.78, 5) is 4.07. The SMILES string of the molecule is C=C(C)c1ccccc1.C=N/C(=C/C)c1ccc(C)c2ccccc12.CC.CC1=Cc2c(oc3ccc4c5cccc(C)c5c5c(C)cccc5c4c23)CC1.CCC.CCCC.CCCc1ccccc1. The van der Waals surface area contributed by atoms with Crippen molar-refractivity contribution in [1.29, 1.82) is 0 Å². The van der Waals surface area contributed by atoms with E-state index in [9.17, 15) is 0 Å². The van der Waals surface area contributed by atoms with E-state index in [1.165, 1.54) is 120 Å². The van der Waals surface area contributed by atoms with Crippen molar-refractivity contribution < 1.29 is 4.42 Å². The molecule has 370 valence electrons. The molecule has 0 bridgehead atoms. The van der Waals surface area contributed by atoms with Crippen molar-refractivity contribution in [3.8, 4) is 0 Å². The largest absolute Gasteiger partial charge is 0.460 e. The number of rotatable bonds is 6. The summed E-state index contributed by atoms with van der Waals surface area (Å²) in [5, 5.41) is 11.9. The molecule has 1 aliphatic rings. The molecule has 10 rings (SSSR count). The number of furan rings is 1. The Hall–Kier alpha value is -6.77. The van der Waals surface area contributed by atoms with Crippen molar-refractivity contribution in [1.82, 2.24) is 0 Å². The molecule has 0 unspecified atom stereocenters. The number of benzene rings is 8. The van der Waals surface area contributed by atoms with E-state index >= 15 is 0 Å². The molecule has 1 heterocycles. The second kappa shape index (κ2) is 29.4. The van der Waals surface area contributed by atoms with E-state index in [2.05, 4.69) is 214 Å². The van der Waals surface area contributed by atoms with E-state index in [-0.39, 0.29) is 0 Å². The van der Waals surface area contributed by atoms with Crippen molar-refractivity contribution in [3.05, 3.63) is 209 Å². The fourth-order valence-corrected chi connectivity index (χ4v) is 8.83. The lowest BCUT2D eigenvalue weighted by molar-refractivity contribution is 0.543. The third kappa shape index (κ3) is 14.6. The lowest BCUT2D eigenvalue weighted by atomic mass is 9.87. The van der Waals surface area contributed by atoms with Gasteiger partial charge in [-0.3, -0.25) is 4.99 Å². The van der Waals surface area contributed by atoms with Crippen LogP contribution in [0.2, 0.25) is 0 Å². The Labute approximate surface area is 429 Å². The van der Waals surface area contributed by atoms with Crippen LogP contribution in [0.1, 0.15) is 146 Å². The van der Waals surface area contributed by atoms with Crippen LogP contribution in [0.25, 0.3) is 71.4 Å². The first-order chi connectivity index (χ1) is 34.5. The van der Waals surface area contributed by atoms with Crippen LogP contribution in [-0.2, 0) is 12.8 Å². The molecule has 0 aliphatic heterocycles. The molecule has 1 aliphatic carbocycles. The Kier molecular flexibility index (Phi) is 23.5. The summed E-state index contributed by atoms with van der Waals surface area (Å²) in [7, 11) is 0. The number of fused-ring (bicyclic) bond motifs is 11. The van der Waals surface area contributed by atoms with Crippen molar-refractivity contribution in [2.75, 3.05) is 0 Å². The van der Waals surface area contributed by atoms with Gasteiger partial charge in [0.05, 0.1) is 5.70 Å². The van der Waals surface area contributed by atoms with Crippen LogP contribution in [0.3, 0.4) is 0 Å². The predicted octanol–water partition coefficient (Wildman–Crippen LogP) is 21.7. The molecule has 71 heavy (non-hydrogen) atoms. The van der Waals surface area contributed by atoms with Gasteiger partial charge in [0.1, 0.15) is 11.3 Å². The number of nitrogens with zero attached hydrogens (tertiary/aromatic N) is 1. The van der Waals surface area contributed by atoms with Crippen LogP contribution in [-0.4, -0.2) is 6.72 Å². The minimum Gasteiger partial charge on any atom is -0.460 e. The van der Waals surface area contributed by atoms with Crippen molar-refractivity contribution in [2.45, 2.75) is 135 Å². The molecule has 0 spiro atoms. The zero-order chi connectivity index (χ0) is 51.9. The van der Waals surface area contributed by atoms with Gasteiger partial charge in [-0.15, -0.1) is 0 Å². The fraction of sp³-hybridized carbons (Fsp3) is 0.290. The molecular formula is C69H83NO. The minimum atomic E-state index is 0.941. The number of aryl methyl sites for hydroxylation is 5. The highest BCUT2D eigenvalue weighted by molar-refractivity contribution is 6.33. The Morgan fingerprint density at radius 3 is 1.63 bits per heavy atom. The third-order valence-electron chi connectivity index (χ3n) is 12.5. The summed E-state index contributed by atoms with van der Waals surface area (Å²) in [5.74, 6) is 1.14. The highest BCUT2D eigenvalue weighted by Gasteiger charge is 2.21. The Balaban J connectivity index is 0.000000215. The average molecular weight is 942 g/mol. The van der Waals surface area contributed by atoms with Crippen molar-refractivity contribution in [3.63, 3.8) is 0 Å². The van der Waals surface area contributed by atoms with E-state index in [0.29, 0.717) is 0 Å². The Morgan fingerprint density at radius 2 is 1.08 bits per heavy atom. The summed E-state index contributed by atoms with van der Waals surface area (Å²) in [6, 6.07) is 51.2. The fourth-order valence-electron chi connectivity index (χ4n) is 8.83. The molecular weight excluding hydrogens is 859 g/mol. The first-order valence-corrected chi connectivity index (χ1v) is 26.3. The van der Waals surface area contributed by atoms with E-state index in [0.717, 1.165) is 41.0 Å². The molecule has 0 amide bonds. The summed E-state index contributed by atoms with van der Waals surface area (Å²) in [6.07, 6.45) is 12.8. The van der Waals surface area contributed by atoms with Crippen LogP contribution in [0.15, 0.2) is 173 Å². The molecule has 2 heteroatoms. The Bertz CT molecular complexity index is 3160. The topological polar surface area (TPSA) is 25.5 Å². The zero-order valence-electron chi connectivity index (χ0n) is 45.7. The molecule has 0 saturated heterocycles. The van der Waals surface area contributed by atoms with E-state index in [1.54, 1.807) is 0 Å². The maximum absolute atomic E-state index is 6.32. The molecule has 0 N–H and O–H groups in total. The van der Waals surface area contributed by atoms with E-state index in [1.807, 2.05) is 52.0 Å². The number of aliphatic imine (C=N–C) groups is 1. The highest BCUT2D eigenvalue weighted by atomic mass is 16.3. The van der Waals surface area contributed by atoms with E-state index in [4.69, 9.17) is 4.42 Å². The minimum absolute atomic E-state index is 0.941. The standard InChI is InChI=1S/C27H22O.C15H15N.C9H10.C9H12.C4H10.C3H8.C2H6/c1-15-10-12-22-21(14-15)27-23(28-22)13-11-19-18-8-4-6-16(2)24(18)25-17(3)7-5-9-20(25)26(19)27;1-4-15(16-3)14-10-9-11(2)12-7-5-6-8-13(12)14;1-8(2)9-6-4-3-5-7-9;1-2-6-9-7-4-3-5-8-9;1-3-4-2;1-3-2;1-2/h4-9,11,13-14H,10,12H2,1-3H3;4-10H,3H2,1-2H3;3-7H,1H2,2H3;3-5,7-8H,2,6H2,1H3;3-4H2,1-2H3;3H2,1-2H3;1-2H3/b;15-4+;;;;;. The highest BCUT2D eigenvalue weighted by Crippen LogP contribution is 2.45. The number of hydrogen-bond donors (Lipinski definition) is 0. The second-order valence-electron chi connectivity index (χ2n) is 18.2. The van der Waals surface area contributed by atoms with Gasteiger partial charge in [0.15, 0.2) is 0 Å². The van der Waals surface area contributed by atoms with Crippen LogP contribution in [0, 0.1) is 20.8 Å². The molecule has 0 fully saturated rings. The monoisotopic (exact) mass is 942 g/mol. The smallest absolute Gasteiger partial charge is 0.135 e. The molecule has 9 aromatic rings. The zero-order valence-corrected chi connectivity index (χ0v) is 45.7. The lowest BCUT2D eigenvalue weighted by Gasteiger charge is -2.15.